The van der Waals surface area contributed by atoms with Gasteiger partial charge in [0.15, 0.2) is 16.0 Å². The molecule has 7 aromatic rings. The Labute approximate surface area is 553 Å². The first-order valence-corrected chi connectivity index (χ1v) is 33.6. The summed E-state index contributed by atoms with van der Waals surface area (Å²) in [5, 5.41) is 30.5. The minimum absolute atomic E-state index is 0.0126. The number of β-amino-alcohol motifs (C(OH)–C–C–N with tert-alkyl or cyclic N) is 1. The molecule has 0 radical (unpaired) electrons. The van der Waals surface area contributed by atoms with Crippen LogP contribution in [-0.4, -0.2) is 177 Å². The molecule has 93 heavy (non-hydrogen) atoms. The van der Waals surface area contributed by atoms with Crippen LogP contribution in [0.25, 0.3) is 20.7 Å². The molecule has 5 heterocycles. The molecule has 4 aromatic carbocycles. The van der Waals surface area contributed by atoms with Crippen LogP contribution >= 0.6 is 34.0 Å². The van der Waals surface area contributed by atoms with Crippen LogP contribution in [0.4, 0.5) is 10.3 Å². The molecule has 1 fully saturated rings. The lowest BCUT2D eigenvalue weighted by atomic mass is 9.85. The third kappa shape index (κ3) is 20.6. The number of hydrogen-bond donors (Lipinski definition) is 5. The van der Waals surface area contributed by atoms with Crippen LogP contribution in [0, 0.1) is 24.2 Å². The van der Waals surface area contributed by atoms with Gasteiger partial charge in [0.1, 0.15) is 24.4 Å². The van der Waals surface area contributed by atoms with Crippen LogP contribution in [0.3, 0.4) is 0 Å². The summed E-state index contributed by atoms with van der Waals surface area (Å²) >= 11 is 4.36. The number of carboxylic acid groups (broad SMARTS) is 1. The number of benzene rings is 4. The quantitative estimate of drug-likeness (QED) is 0.0187. The van der Waals surface area contributed by atoms with E-state index in [0.29, 0.717) is 125 Å². The summed E-state index contributed by atoms with van der Waals surface area (Å²) in [7, 11) is 0. The monoisotopic (exact) mass is 1330 g/mol. The van der Waals surface area contributed by atoms with Crippen LogP contribution in [0.2, 0.25) is 0 Å². The molecule has 0 unspecified atom stereocenters. The fourth-order valence-corrected chi connectivity index (χ4v) is 13.2. The molecule has 5 N–H and O–H groups in total. The molecule has 2 aliphatic heterocycles. The Bertz CT molecular complexity index is 3640. The maximum atomic E-state index is 14.0. The Hall–Kier alpha value is -7.74. The highest BCUT2D eigenvalue weighted by Gasteiger charge is 2.44. The average molecular weight is 1330 g/mol. The molecule has 0 aliphatic carbocycles. The first-order chi connectivity index (χ1) is 45.1. The molecular weight excluding hydrogens is 1250 g/mol. The molecule has 0 spiro atoms. The van der Waals surface area contributed by atoms with E-state index in [2.05, 4.69) is 42.7 Å². The lowest BCUT2D eigenvalue weighted by Gasteiger charge is -2.35. The first kappa shape index (κ1) is 69.6. The van der Waals surface area contributed by atoms with E-state index in [0.717, 1.165) is 48.6 Å². The van der Waals surface area contributed by atoms with Crippen molar-refractivity contribution in [1.82, 2.24) is 30.5 Å². The summed E-state index contributed by atoms with van der Waals surface area (Å²) in [5.41, 5.74) is 8.23. The number of aliphatic hydroxyl groups is 1. The number of para-hydroxylation sites is 1. The number of aromatic nitrogens is 3. The molecule has 4 amide bonds. The minimum Gasteiger partial charge on any atom is -0.494 e. The summed E-state index contributed by atoms with van der Waals surface area (Å²) in [4.78, 5) is 85.0. The van der Waals surface area contributed by atoms with E-state index >= 15 is 0 Å². The highest BCUT2D eigenvalue weighted by molar-refractivity contribution is 7.22. The summed E-state index contributed by atoms with van der Waals surface area (Å²) in [6.45, 7) is 13.2. The number of thiazole rings is 3. The van der Waals surface area contributed by atoms with E-state index in [4.69, 9.17) is 33.2 Å². The number of likely N-dealkylation sites (tertiary alicyclic amines) is 1. The number of nitrogens with one attached hydrogen (secondary N) is 3. The summed E-state index contributed by atoms with van der Waals surface area (Å²) in [6, 6.07) is 27.0. The van der Waals surface area contributed by atoms with Crippen molar-refractivity contribution < 1.29 is 67.3 Å². The lowest BCUT2D eigenvalue weighted by Crippen LogP contribution is -2.57. The van der Waals surface area contributed by atoms with E-state index < -0.39 is 35.5 Å². The van der Waals surface area contributed by atoms with Gasteiger partial charge in [0.2, 0.25) is 17.7 Å². The van der Waals surface area contributed by atoms with Gasteiger partial charge in [-0.2, -0.15) is 0 Å². The van der Waals surface area contributed by atoms with Gasteiger partial charge in [0.05, 0.1) is 112 Å². The third-order valence-corrected chi connectivity index (χ3v) is 18.4. The minimum atomic E-state index is -1.08. The number of carbonyl (C=O) groups excluding carboxylic acids is 4. The van der Waals surface area contributed by atoms with E-state index in [1.54, 1.807) is 11.3 Å². The predicted octanol–water partition coefficient (Wildman–Crippen LogP) is 8.36. The van der Waals surface area contributed by atoms with Gasteiger partial charge in [-0.1, -0.05) is 92.5 Å². The number of carboxylic acids is 1. The number of fused-ring (bicyclic) bond motifs is 2. The van der Waals surface area contributed by atoms with Gasteiger partial charge in [-0.3, -0.25) is 24.5 Å². The number of ether oxygens (including phenoxy) is 7. The molecule has 25 heteroatoms. The summed E-state index contributed by atoms with van der Waals surface area (Å²) < 4.78 is 40.5. The number of hydrogen-bond acceptors (Lipinski definition) is 20. The van der Waals surface area contributed by atoms with Gasteiger partial charge in [-0.25, -0.2) is 19.7 Å². The van der Waals surface area contributed by atoms with Crippen LogP contribution in [0.5, 0.6) is 5.75 Å². The molecule has 3 aromatic heterocycles. The standard InChI is InChI=1S/C68H80N8O14S3/c1-45-60(91-44-70-45)49-20-16-47(17-21-49)41-69-63(80)55-40-50(77)42-76(55)64(81)61(68(2,3)4)72-58(78)25-29-85-31-33-87-35-37-89-39-38-88-36-34-86-32-30-84-27-8-10-46-18-22-51(23-19-46)90-28-9-15-57-59(65(82)83)73-67(93-57)75-26-24-48-11-7-12-52(53(48)43-75)62(79)74-66-71-54-13-5-6-14-56(54)92-66/h5-7,11-14,16-23,44,50,55,61,77H,9,15,24-43H2,1-4H3,(H,69,80)(H,72,78)(H,82,83)(H,71,74,79)/t50-,55+,61-/m1/s1. The van der Waals surface area contributed by atoms with Crippen molar-refractivity contribution in [3.63, 3.8) is 0 Å². The van der Waals surface area contributed by atoms with E-state index in [1.807, 2.05) is 129 Å². The second-order valence-corrected chi connectivity index (χ2v) is 26.2. The number of aliphatic hydroxyl groups excluding tert-OH is 1. The number of carbonyl (C=O) groups is 5. The largest absolute Gasteiger partial charge is 0.494 e. The first-order valence-electron chi connectivity index (χ1n) is 31.1. The van der Waals surface area contributed by atoms with Crippen molar-refractivity contribution in [2.75, 3.05) is 109 Å². The summed E-state index contributed by atoms with van der Waals surface area (Å²) in [6.07, 6.45) is 1.00. The zero-order valence-corrected chi connectivity index (χ0v) is 55.2. The second-order valence-electron chi connectivity index (χ2n) is 23.2. The molecule has 0 saturated carbocycles. The molecule has 22 nitrogen and oxygen atoms in total. The van der Waals surface area contributed by atoms with Gasteiger partial charge in [0, 0.05) is 55.0 Å². The Morgan fingerprint density at radius 3 is 2.14 bits per heavy atom. The van der Waals surface area contributed by atoms with Crippen molar-refractivity contribution in [1.29, 1.82) is 0 Å². The van der Waals surface area contributed by atoms with Crippen LogP contribution < -0.4 is 25.6 Å². The lowest BCUT2D eigenvalue weighted by molar-refractivity contribution is -0.144. The van der Waals surface area contributed by atoms with E-state index in [1.165, 1.54) is 27.6 Å². The highest BCUT2D eigenvalue weighted by atomic mass is 32.1. The molecule has 3 atom stereocenters. The Kier molecular flexibility index (Phi) is 26.2. The number of rotatable bonds is 34. The molecule has 0 bridgehead atoms. The van der Waals surface area contributed by atoms with Gasteiger partial charge in [0.25, 0.3) is 5.91 Å². The predicted molar refractivity (Wildman–Crippen MR) is 356 cm³/mol. The van der Waals surface area contributed by atoms with E-state index in [9.17, 15) is 34.2 Å². The van der Waals surface area contributed by atoms with Crippen LogP contribution in [-0.2, 0) is 68.7 Å². The van der Waals surface area contributed by atoms with Gasteiger partial charge >= 0.3 is 5.97 Å². The maximum absolute atomic E-state index is 14.0. The zero-order chi connectivity index (χ0) is 65.5. The zero-order valence-electron chi connectivity index (χ0n) is 52.8. The van der Waals surface area contributed by atoms with Crippen molar-refractivity contribution >= 4 is 84.1 Å². The summed E-state index contributed by atoms with van der Waals surface area (Å²) in [5.74, 6) is 4.29. The topological polar surface area (TPSA) is 272 Å². The molecule has 1 saturated heterocycles. The van der Waals surface area contributed by atoms with Crippen molar-refractivity contribution in [3.05, 3.63) is 141 Å². The number of anilines is 2. The third-order valence-electron chi connectivity index (χ3n) is 15.3. The van der Waals surface area contributed by atoms with Crippen molar-refractivity contribution in [2.45, 2.75) is 91.1 Å². The normalized spacial score (nSPS) is 14.9. The van der Waals surface area contributed by atoms with Gasteiger partial charge in [-0.15, -0.1) is 22.7 Å². The molecule has 2 aliphatic rings. The number of nitrogens with zero attached hydrogens (tertiary/aromatic N) is 5. The smallest absolute Gasteiger partial charge is 0.355 e. The van der Waals surface area contributed by atoms with Gasteiger partial charge < -0.3 is 63.8 Å². The second kappa shape index (κ2) is 35.0. The average Bonchev–Trinajstić information content (AvgIpc) is 1.80. The maximum Gasteiger partial charge on any atom is 0.355 e. The van der Waals surface area contributed by atoms with Crippen molar-refractivity contribution in [3.8, 4) is 28.0 Å². The van der Waals surface area contributed by atoms with Crippen LogP contribution in [0.1, 0.15) is 93.7 Å². The molecule has 494 valence electrons. The molecule has 9 rings (SSSR count). The van der Waals surface area contributed by atoms with Crippen molar-refractivity contribution in [2.24, 2.45) is 5.41 Å². The molecular formula is C68H80N8O14S3. The number of aryl methyl sites for hydroxylation is 2. The highest BCUT2D eigenvalue weighted by Crippen LogP contribution is 2.35. The number of amides is 4. The number of aromatic carboxylic acids is 1. The Morgan fingerprint density at radius 1 is 0.785 bits per heavy atom. The Balaban J connectivity index is 0.555. The van der Waals surface area contributed by atoms with Gasteiger partial charge in [-0.05, 0) is 96.3 Å². The van der Waals surface area contributed by atoms with E-state index in [-0.39, 0.29) is 69.2 Å². The Morgan fingerprint density at radius 2 is 1.47 bits per heavy atom. The fraction of sp³-hybridized carbons (Fsp3) is 0.441. The fourth-order valence-electron chi connectivity index (χ4n) is 10.5. The SMILES string of the molecule is Cc1ncsc1-c1ccc(CNC(=O)[C@@H]2C[C@@H](O)CN2C(=O)[C@@H](NC(=O)CCOCCOCCOCCOCCOCCOCC#Cc2ccc(OCCCc3sc(N4CCc5cccc(C(=O)Nc6nc7ccccc7s6)c5C4)nc3C(=O)O)cc2)C(C)(C)C)cc1. The van der Waals surface area contributed by atoms with Crippen LogP contribution in [0.15, 0.2) is 96.5 Å².